The molecule has 0 spiro atoms. The van der Waals surface area contributed by atoms with Crippen LogP contribution in [0.1, 0.15) is 70.8 Å². The normalized spacial score (nSPS) is 11.8. The Balaban J connectivity index is 1.77. The van der Waals surface area contributed by atoms with Gasteiger partial charge in [0, 0.05) is 23.9 Å². The molecule has 1 heterocycles. The Kier molecular flexibility index (Phi) is 10.1. The molecule has 0 bridgehead atoms. The molecule has 1 aromatic carbocycles. The number of benzene rings is 1. The van der Waals surface area contributed by atoms with Crippen LogP contribution in [0.3, 0.4) is 0 Å². The molecule has 0 amide bonds. The molecule has 0 radical (unpaired) electrons. The van der Waals surface area contributed by atoms with E-state index < -0.39 is 0 Å². The molecule has 0 saturated heterocycles. The fourth-order valence-electron chi connectivity index (χ4n) is 3.12. The summed E-state index contributed by atoms with van der Waals surface area (Å²) in [5, 5.41) is 8.98. The lowest BCUT2D eigenvalue weighted by molar-refractivity contribution is 0.291. The van der Waals surface area contributed by atoms with E-state index in [1.165, 1.54) is 44.1 Å². The van der Waals surface area contributed by atoms with E-state index in [0.717, 1.165) is 36.4 Å². The van der Waals surface area contributed by atoms with Gasteiger partial charge in [0.15, 0.2) is 5.82 Å². The fourth-order valence-corrected chi connectivity index (χ4v) is 3.12. The van der Waals surface area contributed by atoms with Gasteiger partial charge in [0.25, 0.3) is 0 Å². The van der Waals surface area contributed by atoms with E-state index in [1.54, 1.807) is 0 Å². The summed E-state index contributed by atoms with van der Waals surface area (Å²) >= 11 is 0. The second kappa shape index (κ2) is 12.9. The van der Waals surface area contributed by atoms with Crippen molar-refractivity contribution in [2.45, 2.75) is 71.6 Å². The highest BCUT2D eigenvalue weighted by molar-refractivity contribution is 5.55. The molecule has 2 aromatic rings. The standard InChI is InChI=1S/C24H33N3O/c1-3-5-6-7-8-9-10-21-18-26-24(27-19-21)22-11-13-23(14-12-22)28-16-15-20(4-2)17-25/h11-14,18-20H,3-10,15-16H2,1-2H3. The number of nitriles is 1. The number of ether oxygens (including phenoxy) is 1. The lowest BCUT2D eigenvalue weighted by atomic mass is 10.1. The van der Waals surface area contributed by atoms with Gasteiger partial charge in [-0.25, -0.2) is 9.97 Å². The number of hydrogen-bond acceptors (Lipinski definition) is 4. The van der Waals surface area contributed by atoms with Crippen LogP contribution in [0.4, 0.5) is 0 Å². The van der Waals surface area contributed by atoms with Crippen LogP contribution >= 0.6 is 0 Å². The summed E-state index contributed by atoms with van der Waals surface area (Å²) < 4.78 is 5.74. The summed E-state index contributed by atoms with van der Waals surface area (Å²) in [6.45, 7) is 4.84. The van der Waals surface area contributed by atoms with Crippen molar-refractivity contribution in [3.63, 3.8) is 0 Å². The minimum atomic E-state index is 0.0718. The van der Waals surface area contributed by atoms with Crippen LogP contribution in [0.2, 0.25) is 0 Å². The molecule has 4 nitrogen and oxygen atoms in total. The molecule has 28 heavy (non-hydrogen) atoms. The van der Waals surface area contributed by atoms with Crippen molar-refractivity contribution in [2.75, 3.05) is 6.61 Å². The van der Waals surface area contributed by atoms with Gasteiger partial charge < -0.3 is 4.74 Å². The highest BCUT2D eigenvalue weighted by Gasteiger charge is 2.06. The number of unbranched alkanes of at least 4 members (excludes halogenated alkanes) is 5. The minimum Gasteiger partial charge on any atom is -0.494 e. The second-order valence-electron chi connectivity index (χ2n) is 7.33. The van der Waals surface area contributed by atoms with Gasteiger partial charge in [0.05, 0.1) is 12.7 Å². The third-order valence-corrected chi connectivity index (χ3v) is 5.05. The molecule has 4 heteroatoms. The zero-order valence-electron chi connectivity index (χ0n) is 17.4. The molecule has 150 valence electrons. The minimum absolute atomic E-state index is 0.0718. The first-order valence-electron chi connectivity index (χ1n) is 10.7. The van der Waals surface area contributed by atoms with Gasteiger partial charge in [-0.2, -0.15) is 5.26 Å². The van der Waals surface area contributed by atoms with Gasteiger partial charge >= 0.3 is 0 Å². The smallest absolute Gasteiger partial charge is 0.159 e. The summed E-state index contributed by atoms with van der Waals surface area (Å²) in [5.74, 6) is 1.63. The highest BCUT2D eigenvalue weighted by Crippen LogP contribution is 2.20. The van der Waals surface area contributed by atoms with E-state index in [2.05, 4.69) is 23.0 Å². The molecule has 0 aliphatic heterocycles. The first-order valence-corrected chi connectivity index (χ1v) is 10.7. The summed E-state index contributed by atoms with van der Waals surface area (Å²) in [7, 11) is 0. The van der Waals surface area contributed by atoms with Gasteiger partial charge in [0.1, 0.15) is 5.75 Å². The summed E-state index contributed by atoms with van der Waals surface area (Å²) in [6.07, 6.45) is 14.4. The molecule has 0 aliphatic rings. The number of aryl methyl sites for hydroxylation is 1. The Bertz CT molecular complexity index is 704. The van der Waals surface area contributed by atoms with Crippen LogP contribution in [-0.4, -0.2) is 16.6 Å². The Morgan fingerprint density at radius 3 is 2.29 bits per heavy atom. The number of rotatable bonds is 13. The van der Waals surface area contributed by atoms with Gasteiger partial charge in [-0.15, -0.1) is 0 Å². The lowest BCUT2D eigenvalue weighted by Crippen LogP contribution is -2.04. The quantitative estimate of drug-likeness (QED) is 0.380. The summed E-state index contributed by atoms with van der Waals surface area (Å²) in [6, 6.07) is 10.2. The van der Waals surface area contributed by atoms with Crippen molar-refractivity contribution in [2.24, 2.45) is 5.92 Å². The van der Waals surface area contributed by atoms with Gasteiger partial charge in [-0.1, -0.05) is 46.0 Å². The lowest BCUT2D eigenvalue weighted by Gasteiger charge is -2.09. The molecular formula is C24H33N3O. The molecule has 1 unspecified atom stereocenters. The molecule has 1 atom stereocenters. The van der Waals surface area contributed by atoms with Crippen LogP contribution in [-0.2, 0) is 6.42 Å². The van der Waals surface area contributed by atoms with E-state index in [4.69, 9.17) is 10.00 Å². The predicted molar refractivity (Wildman–Crippen MR) is 114 cm³/mol. The second-order valence-corrected chi connectivity index (χ2v) is 7.33. The summed E-state index contributed by atoms with van der Waals surface area (Å²) in [5.41, 5.74) is 2.20. The van der Waals surface area contributed by atoms with Crippen molar-refractivity contribution >= 4 is 0 Å². The summed E-state index contributed by atoms with van der Waals surface area (Å²) in [4.78, 5) is 9.05. The molecule has 0 fully saturated rings. The monoisotopic (exact) mass is 379 g/mol. The zero-order valence-corrected chi connectivity index (χ0v) is 17.4. The van der Waals surface area contributed by atoms with Crippen LogP contribution in [0.25, 0.3) is 11.4 Å². The maximum atomic E-state index is 8.98. The average Bonchev–Trinajstić information content (AvgIpc) is 2.75. The molecule has 0 aliphatic carbocycles. The van der Waals surface area contributed by atoms with Crippen LogP contribution in [0.15, 0.2) is 36.7 Å². The van der Waals surface area contributed by atoms with Gasteiger partial charge in [0.2, 0.25) is 0 Å². The maximum Gasteiger partial charge on any atom is 0.159 e. The van der Waals surface area contributed by atoms with Crippen molar-refractivity contribution in [1.29, 1.82) is 5.26 Å². The Labute approximate surface area is 170 Å². The fraction of sp³-hybridized carbons (Fsp3) is 0.542. The number of hydrogen-bond donors (Lipinski definition) is 0. The Morgan fingerprint density at radius 2 is 1.64 bits per heavy atom. The molecular weight excluding hydrogens is 346 g/mol. The Hall–Kier alpha value is -2.41. The van der Waals surface area contributed by atoms with E-state index in [9.17, 15) is 0 Å². The SMILES string of the molecule is CCCCCCCCc1cnc(-c2ccc(OCCC(C#N)CC)cc2)nc1. The van der Waals surface area contributed by atoms with Gasteiger partial charge in [-0.3, -0.25) is 0 Å². The first-order chi connectivity index (χ1) is 13.8. The third-order valence-electron chi connectivity index (χ3n) is 5.05. The largest absolute Gasteiger partial charge is 0.494 e. The number of nitrogens with zero attached hydrogens (tertiary/aromatic N) is 3. The van der Waals surface area contributed by atoms with E-state index in [0.29, 0.717) is 6.61 Å². The van der Waals surface area contributed by atoms with Crippen molar-refractivity contribution in [1.82, 2.24) is 9.97 Å². The number of aromatic nitrogens is 2. The topological polar surface area (TPSA) is 58.8 Å². The molecule has 0 N–H and O–H groups in total. The molecule has 2 rings (SSSR count). The van der Waals surface area contributed by atoms with Crippen LogP contribution < -0.4 is 4.74 Å². The molecule has 1 aromatic heterocycles. The third kappa shape index (κ3) is 7.68. The van der Waals surface area contributed by atoms with Crippen molar-refractivity contribution < 1.29 is 4.74 Å². The van der Waals surface area contributed by atoms with Crippen molar-refractivity contribution in [3.8, 4) is 23.2 Å². The first kappa shape index (κ1) is 21.9. The van der Waals surface area contributed by atoms with Crippen LogP contribution in [0, 0.1) is 17.2 Å². The zero-order chi connectivity index (χ0) is 20.0. The average molecular weight is 380 g/mol. The van der Waals surface area contributed by atoms with Crippen molar-refractivity contribution in [3.05, 3.63) is 42.2 Å². The van der Waals surface area contributed by atoms with E-state index >= 15 is 0 Å². The maximum absolute atomic E-state index is 8.98. The van der Waals surface area contributed by atoms with Crippen LogP contribution in [0.5, 0.6) is 5.75 Å². The predicted octanol–water partition coefficient (Wildman–Crippen LogP) is 6.37. The Morgan fingerprint density at radius 1 is 0.964 bits per heavy atom. The van der Waals surface area contributed by atoms with E-state index in [-0.39, 0.29) is 5.92 Å². The van der Waals surface area contributed by atoms with E-state index in [1.807, 2.05) is 43.6 Å². The highest BCUT2D eigenvalue weighted by atomic mass is 16.5. The van der Waals surface area contributed by atoms with Gasteiger partial charge in [-0.05, 0) is 55.5 Å². The molecule has 0 saturated carbocycles.